The molecule has 0 saturated heterocycles. The Morgan fingerprint density at radius 2 is 1.84 bits per heavy atom. The zero-order chi connectivity index (χ0) is 14.0. The lowest BCUT2D eigenvalue weighted by Gasteiger charge is -2.39. The van der Waals surface area contributed by atoms with Crippen LogP contribution in [0.3, 0.4) is 0 Å². The normalized spacial score (nSPS) is 30.0. The highest BCUT2D eigenvalue weighted by Crippen LogP contribution is 2.40. The first-order chi connectivity index (χ1) is 8.95. The fourth-order valence-electron chi connectivity index (χ4n) is 2.28. The molecule has 0 radical (unpaired) electrons. The highest BCUT2D eigenvalue weighted by atomic mass is 19.3. The Balaban J connectivity index is 2.13. The number of aromatic hydroxyl groups is 1. The molecule has 1 unspecified atom stereocenters. The number of benzene rings is 1. The van der Waals surface area contributed by atoms with Gasteiger partial charge in [-0.1, -0.05) is 0 Å². The molecule has 1 fully saturated rings. The van der Waals surface area contributed by atoms with E-state index in [0.717, 1.165) is 0 Å². The molecule has 0 bridgehead atoms. The van der Waals surface area contributed by atoms with Gasteiger partial charge in [-0.15, -0.1) is 0 Å². The van der Waals surface area contributed by atoms with Gasteiger partial charge in [0.05, 0.1) is 18.6 Å². The molecule has 1 aromatic carbocycles. The molecule has 19 heavy (non-hydrogen) atoms. The van der Waals surface area contributed by atoms with Crippen LogP contribution in [0.4, 0.5) is 8.78 Å². The van der Waals surface area contributed by atoms with Crippen LogP contribution in [0.15, 0.2) is 24.3 Å². The third-order valence-electron chi connectivity index (χ3n) is 3.42. The SMILES string of the molecule is OCC1[C@@H](O)CC[C@@H](Oc2ccc(O)cc2)C1(F)F. The third kappa shape index (κ3) is 2.79. The molecule has 0 aromatic heterocycles. The summed E-state index contributed by atoms with van der Waals surface area (Å²) in [5.74, 6) is -4.57. The van der Waals surface area contributed by atoms with Crippen molar-refractivity contribution in [2.24, 2.45) is 5.92 Å². The first-order valence-electron chi connectivity index (χ1n) is 6.07. The largest absolute Gasteiger partial charge is 0.508 e. The van der Waals surface area contributed by atoms with Gasteiger partial charge in [-0.3, -0.25) is 0 Å². The molecule has 3 N–H and O–H groups in total. The van der Waals surface area contributed by atoms with Crippen molar-refractivity contribution in [3.63, 3.8) is 0 Å². The molecule has 1 aromatic rings. The van der Waals surface area contributed by atoms with Crippen molar-refractivity contribution in [1.29, 1.82) is 0 Å². The van der Waals surface area contributed by atoms with Crippen LogP contribution in [0.1, 0.15) is 12.8 Å². The van der Waals surface area contributed by atoms with Crippen LogP contribution in [0.2, 0.25) is 0 Å². The van der Waals surface area contributed by atoms with E-state index in [1.807, 2.05) is 0 Å². The van der Waals surface area contributed by atoms with Crippen molar-refractivity contribution in [2.45, 2.75) is 31.0 Å². The number of hydrogen-bond acceptors (Lipinski definition) is 4. The van der Waals surface area contributed by atoms with Gasteiger partial charge in [0.2, 0.25) is 0 Å². The van der Waals surface area contributed by atoms with E-state index in [0.29, 0.717) is 0 Å². The summed E-state index contributed by atoms with van der Waals surface area (Å²) < 4.78 is 33.3. The molecule has 4 nitrogen and oxygen atoms in total. The van der Waals surface area contributed by atoms with Crippen LogP contribution >= 0.6 is 0 Å². The molecular formula is C13H16F2O4. The third-order valence-corrected chi connectivity index (χ3v) is 3.42. The Bertz CT molecular complexity index is 421. The molecule has 1 saturated carbocycles. The van der Waals surface area contributed by atoms with E-state index in [1.165, 1.54) is 24.3 Å². The zero-order valence-corrected chi connectivity index (χ0v) is 10.2. The van der Waals surface area contributed by atoms with Gasteiger partial charge >= 0.3 is 0 Å². The van der Waals surface area contributed by atoms with Crippen molar-refractivity contribution in [3.05, 3.63) is 24.3 Å². The summed E-state index contributed by atoms with van der Waals surface area (Å²) in [5, 5.41) is 27.6. The molecule has 1 aliphatic carbocycles. The van der Waals surface area contributed by atoms with E-state index < -0.39 is 30.7 Å². The van der Waals surface area contributed by atoms with Crippen molar-refractivity contribution in [2.75, 3.05) is 6.61 Å². The van der Waals surface area contributed by atoms with Crippen molar-refractivity contribution in [3.8, 4) is 11.5 Å². The maximum Gasteiger partial charge on any atom is 0.291 e. The van der Waals surface area contributed by atoms with Gasteiger partial charge in [0.15, 0.2) is 6.10 Å². The molecule has 3 atom stereocenters. The lowest BCUT2D eigenvalue weighted by Crippen LogP contribution is -2.54. The highest BCUT2D eigenvalue weighted by Gasteiger charge is 2.54. The summed E-state index contributed by atoms with van der Waals surface area (Å²) in [6.07, 6.45) is -2.45. The van der Waals surface area contributed by atoms with Crippen LogP contribution in [-0.2, 0) is 0 Å². The van der Waals surface area contributed by atoms with Gasteiger partial charge < -0.3 is 20.1 Å². The molecule has 0 heterocycles. The van der Waals surface area contributed by atoms with Crippen molar-refractivity contribution in [1.82, 2.24) is 0 Å². The van der Waals surface area contributed by atoms with Crippen molar-refractivity contribution < 1.29 is 28.8 Å². The number of phenolic OH excluding ortho intramolecular Hbond substituents is 1. The van der Waals surface area contributed by atoms with Gasteiger partial charge in [0.1, 0.15) is 11.5 Å². The first kappa shape index (κ1) is 14.0. The van der Waals surface area contributed by atoms with Gasteiger partial charge in [-0.05, 0) is 37.1 Å². The molecule has 2 rings (SSSR count). The number of aliphatic hydroxyl groups is 2. The smallest absolute Gasteiger partial charge is 0.291 e. The Hall–Kier alpha value is -1.40. The number of hydrogen-bond donors (Lipinski definition) is 3. The number of rotatable bonds is 3. The maximum absolute atomic E-state index is 14.1. The van der Waals surface area contributed by atoms with Gasteiger partial charge in [0.25, 0.3) is 5.92 Å². The zero-order valence-electron chi connectivity index (χ0n) is 10.2. The summed E-state index contributed by atoms with van der Waals surface area (Å²) >= 11 is 0. The Kier molecular flexibility index (Phi) is 3.91. The monoisotopic (exact) mass is 274 g/mol. The maximum atomic E-state index is 14.1. The van der Waals surface area contributed by atoms with Gasteiger partial charge in [-0.2, -0.15) is 0 Å². The molecule has 0 amide bonds. The fraction of sp³-hybridized carbons (Fsp3) is 0.538. The average molecular weight is 274 g/mol. The van der Waals surface area contributed by atoms with E-state index in [2.05, 4.69) is 0 Å². The fourth-order valence-corrected chi connectivity index (χ4v) is 2.28. The van der Waals surface area contributed by atoms with Crippen LogP contribution in [-0.4, -0.2) is 40.1 Å². The second kappa shape index (κ2) is 5.30. The predicted molar refractivity (Wildman–Crippen MR) is 63.3 cm³/mol. The highest BCUT2D eigenvalue weighted by molar-refractivity contribution is 5.30. The van der Waals surface area contributed by atoms with E-state index in [9.17, 15) is 13.9 Å². The minimum atomic E-state index is -3.30. The Morgan fingerprint density at radius 3 is 2.42 bits per heavy atom. The first-order valence-corrected chi connectivity index (χ1v) is 6.07. The quantitative estimate of drug-likeness (QED) is 0.782. The molecular weight excluding hydrogens is 258 g/mol. The molecule has 0 aliphatic heterocycles. The number of aliphatic hydroxyl groups excluding tert-OH is 2. The summed E-state index contributed by atoms with van der Waals surface area (Å²) in [7, 11) is 0. The number of ether oxygens (including phenoxy) is 1. The Labute approximate surface area is 109 Å². The van der Waals surface area contributed by atoms with Crippen LogP contribution in [0.25, 0.3) is 0 Å². The predicted octanol–water partition coefficient (Wildman–Crippen LogP) is 1.54. The summed E-state index contributed by atoms with van der Waals surface area (Å²) in [6.45, 7) is -0.788. The van der Waals surface area contributed by atoms with E-state index in [1.54, 1.807) is 0 Å². The number of phenols is 1. The lowest BCUT2D eigenvalue weighted by molar-refractivity contribution is -0.199. The summed E-state index contributed by atoms with van der Waals surface area (Å²) in [5.41, 5.74) is 0. The second-order valence-electron chi connectivity index (χ2n) is 4.71. The second-order valence-corrected chi connectivity index (χ2v) is 4.71. The molecule has 1 aliphatic rings. The summed E-state index contributed by atoms with van der Waals surface area (Å²) in [4.78, 5) is 0. The Morgan fingerprint density at radius 1 is 1.21 bits per heavy atom. The molecule has 6 heteroatoms. The minimum absolute atomic E-state index is 0.00550. The molecule has 106 valence electrons. The number of halogens is 2. The van der Waals surface area contributed by atoms with Crippen molar-refractivity contribution >= 4 is 0 Å². The van der Waals surface area contributed by atoms with Crippen LogP contribution in [0, 0.1) is 5.92 Å². The average Bonchev–Trinajstić information content (AvgIpc) is 2.35. The van der Waals surface area contributed by atoms with E-state index >= 15 is 0 Å². The van der Waals surface area contributed by atoms with Gasteiger partial charge in [-0.25, -0.2) is 8.78 Å². The number of alkyl halides is 2. The summed E-state index contributed by atoms with van der Waals surface area (Å²) in [6, 6.07) is 5.47. The standard InChI is InChI=1S/C13H16F2O4/c14-13(15)10(7-16)11(18)5-6-12(13)19-9-3-1-8(17)2-4-9/h1-4,10-12,16-18H,5-7H2/t10?,11-,12+/m0/s1. The molecule has 0 spiro atoms. The van der Waals surface area contributed by atoms with Crippen LogP contribution in [0.5, 0.6) is 11.5 Å². The lowest BCUT2D eigenvalue weighted by atomic mass is 9.81. The van der Waals surface area contributed by atoms with E-state index in [-0.39, 0.29) is 24.3 Å². The van der Waals surface area contributed by atoms with E-state index in [4.69, 9.17) is 14.9 Å². The van der Waals surface area contributed by atoms with Gasteiger partial charge in [0, 0.05) is 0 Å². The van der Waals surface area contributed by atoms with Crippen LogP contribution < -0.4 is 4.74 Å². The topological polar surface area (TPSA) is 69.9 Å². The minimum Gasteiger partial charge on any atom is -0.508 e.